The van der Waals surface area contributed by atoms with Crippen LogP contribution in [0.3, 0.4) is 0 Å². The highest BCUT2D eigenvalue weighted by molar-refractivity contribution is 6.49. The van der Waals surface area contributed by atoms with Crippen LogP contribution >= 0.6 is 34.8 Å². The van der Waals surface area contributed by atoms with Gasteiger partial charge in [0.2, 0.25) is 0 Å². The second-order valence-corrected chi connectivity index (χ2v) is 4.55. The number of aromatic nitrogens is 2. The molecule has 0 radical (unpaired) electrons. The molecule has 0 aliphatic heterocycles. The molecule has 1 aromatic carbocycles. The largest absolute Gasteiger partial charge is 0.432 e. The molecular formula is C10H4Cl3F3N2. The molecule has 0 spiro atoms. The SMILES string of the molecule is FC(F)(F)c1cc(-c2ccc(Cl)c(Cl)c2Cl)n[nH]1. The molecule has 1 N–H and O–H groups in total. The molecule has 0 unspecified atom stereocenters. The molecule has 0 fully saturated rings. The number of nitrogens with one attached hydrogen (secondary N) is 1. The predicted molar refractivity (Wildman–Crippen MR) is 64.1 cm³/mol. The number of rotatable bonds is 1. The smallest absolute Gasteiger partial charge is 0.273 e. The fraction of sp³-hybridized carbons (Fsp3) is 0.100. The van der Waals surface area contributed by atoms with Crippen LogP contribution in [0.15, 0.2) is 18.2 Å². The van der Waals surface area contributed by atoms with Gasteiger partial charge in [0, 0.05) is 5.56 Å². The molecule has 1 heterocycles. The first-order valence-electron chi connectivity index (χ1n) is 4.57. The van der Waals surface area contributed by atoms with Crippen molar-refractivity contribution in [3.8, 4) is 11.3 Å². The summed E-state index contributed by atoms with van der Waals surface area (Å²) < 4.78 is 37.2. The summed E-state index contributed by atoms with van der Waals surface area (Å²) in [6.07, 6.45) is -4.49. The lowest BCUT2D eigenvalue weighted by molar-refractivity contribution is -0.141. The van der Waals surface area contributed by atoms with E-state index in [4.69, 9.17) is 34.8 Å². The topological polar surface area (TPSA) is 28.7 Å². The molecule has 0 amide bonds. The van der Waals surface area contributed by atoms with Gasteiger partial charge >= 0.3 is 6.18 Å². The van der Waals surface area contributed by atoms with Crippen molar-refractivity contribution < 1.29 is 13.2 Å². The first-order chi connectivity index (χ1) is 8.30. The summed E-state index contributed by atoms with van der Waals surface area (Å²) in [6, 6.07) is 3.74. The van der Waals surface area contributed by atoms with Crippen LogP contribution in [-0.4, -0.2) is 10.2 Å². The number of nitrogens with zero attached hydrogens (tertiary/aromatic N) is 1. The number of hydrogen-bond acceptors (Lipinski definition) is 1. The summed E-state index contributed by atoms with van der Waals surface area (Å²) in [5.74, 6) is 0. The summed E-state index contributed by atoms with van der Waals surface area (Å²) in [4.78, 5) is 0. The average Bonchev–Trinajstić information content (AvgIpc) is 2.75. The number of hydrogen-bond donors (Lipinski definition) is 1. The molecule has 0 saturated heterocycles. The van der Waals surface area contributed by atoms with E-state index in [1.165, 1.54) is 12.1 Å². The Kier molecular flexibility index (Phi) is 3.49. The molecule has 0 saturated carbocycles. The maximum absolute atomic E-state index is 12.4. The number of aromatic amines is 1. The maximum Gasteiger partial charge on any atom is 0.432 e. The molecule has 18 heavy (non-hydrogen) atoms. The lowest BCUT2D eigenvalue weighted by atomic mass is 10.1. The van der Waals surface area contributed by atoms with Crippen LogP contribution in [0.4, 0.5) is 13.2 Å². The number of alkyl halides is 3. The number of H-pyrrole nitrogens is 1. The quantitative estimate of drug-likeness (QED) is 0.732. The number of benzene rings is 1. The molecule has 8 heteroatoms. The molecule has 0 aliphatic carbocycles. The Morgan fingerprint density at radius 1 is 1.06 bits per heavy atom. The Bertz CT molecular complexity index is 593. The van der Waals surface area contributed by atoms with Gasteiger partial charge in [-0.1, -0.05) is 34.8 Å². The van der Waals surface area contributed by atoms with Gasteiger partial charge in [-0.25, -0.2) is 0 Å². The van der Waals surface area contributed by atoms with E-state index in [9.17, 15) is 13.2 Å². The number of halogens is 6. The maximum atomic E-state index is 12.4. The fourth-order valence-corrected chi connectivity index (χ4v) is 1.96. The summed E-state index contributed by atoms with van der Waals surface area (Å²) in [5, 5.41) is 5.80. The van der Waals surface area contributed by atoms with Crippen molar-refractivity contribution in [1.82, 2.24) is 10.2 Å². The summed E-state index contributed by atoms with van der Waals surface area (Å²) >= 11 is 17.4. The van der Waals surface area contributed by atoms with Gasteiger partial charge in [-0.3, -0.25) is 5.10 Å². The van der Waals surface area contributed by atoms with E-state index in [-0.39, 0.29) is 26.3 Å². The highest BCUT2D eigenvalue weighted by Crippen LogP contribution is 2.38. The van der Waals surface area contributed by atoms with E-state index >= 15 is 0 Å². The van der Waals surface area contributed by atoms with Crippen LogP contribution in [0.25, 0.3) is 11.3 Å². The van der Waals surface area contributed by atoms with Gasteiger partial charge in [0.05, 0.1) is 20.8 Å². The van der Waals surface area contributed by atoms with E-state index in [0.717, 1.165) is 6.07 Å². The van der Waals surface area contributed by atoms with E-state index in [2.05, 4.69) is 5.10 Å². The lowest BCUT2D eigenvalue weighted by Crippen LogP contribution is -2.04. The Balaban J connectivity index is 2.50. The first-order valence-corrected chi connectivity index (χ1v) is 5.70. The third-order valence-corrected chi connectivity index (χ3v) is 3.49. The van der Waals surface area contributed by atoms with Crippen LogP contribution in [-0.2, 0) is 6.18 Å². The zero-order valence-electron chi connectivity index (χ0n) is 8.45. The molecular weight excluding hydrogens is 311 g/mol. The van der Waals surface area contributed by atoms with Crippen LogP contribution in [0.2, 0.25) is 15.1 Å². The monoisotopic (exact) mass is 314 g/mol. The molecule has 0 aliphatic rings. The van der Waals surface area contributed by atoms with E-state index in [1.54, 1.807) is 0 Å². The summed E-state index contributed by atoms with van der Waals surface area (Å²) in [5.41, 5.74) is -0.636. The minimum atomic E-state index is -4.49. The van der Waals surface area contributed by atoms with Gasteiger partial charge in [0.25, 0.3) is 0 Å². The van der Waals surface area contributed by atoms with Crippen molar-refractivity contribution in [2.75, 3.05) is 0 Å². The summed E-state index contributed by atoms with van der Waals surface area (Å²) in [7, 11) is 0. The Labute approximate surface area is 115 Å². The Morgan fingerprint density at radius 2 is 1.72 bits per heavy atom. The van der Waals surface area contributed by atoms with Gasteiger partial charge in [-0.15, -0.1) is 0 Å². The second kappa shape index (κ2) is 4.64. The lowest BCUT2D eigenvalue weighted by Gasteiger charge is -2.04. The molecule has 0 bridgehead atoms. The highest BCUT2D eigenvalue weighted by atomic mass is 35.5. The Morgan fingerprint density at radius 3 is 2.28 bits per heavy atom. The van der Waals surface area contributed by atoms with Gasteiger partial charge < -0.3 is 0 Å². The minimum Gasteiger partial charge on any atom is -0.273 e. The van der Waals surface area contributed by atoms with Crippen LogP contribution in [0.5, 0.6) is 0 Å². The van der Waals surface area contributed by atoms with Crippen molar-refractivity contribution in [3.63, 3.8) is 0 Å². The summed E-state index contributed by atoms with van der Waals surface area (Å²) in [6.45, 7) is 0. The molecule has 2 aromatic rings. The molecule has 2 rings (SSSR count). The molecule has 1 aromatic heterocycles. The zero-order chi connectivity index (χ0) is 13.5. The average molecular weight is 316 g/mol. The van der Waals surface area contributed by atoms with E-state index in [0.29, 0.717) is 0 Å². The van der Waals surface area contributed by atoms with Crippen LogP contribution < -0.4 is 0 Å². The van der Waals surface area contributed by atoms with Crippen LogP contribution in [0.1, 0.15) is 5.69 Å². The molecule has 2 nitrogen and oxygen atoms in total. The molecule has 0 atom stereocenters. The van der Waals surface area contributed by atoms with Crippen molar-refractivity contribution in [1.29, 1.82) is 0 Å². The van der Waals surface area contributed by atoms with E-state index < -0.39 is 11.9 Å². The normalized spacial score (nSPS) is 11.9. The van der Waals surface area contributed by atoms with Crippen molar-refractivity contribution in [2.24, 2.45) is 0 Å². The van der Waals surface area contributed by atoms with Gasteiger partial charge in [0.1, 0.15) is 5.69 Å². The highest BCUT2D eigenvalue weighted by Gasteiger charge is 2.33. The molecule has 96 valence electrons. The van der Waals surface area contributed by atoms with Crippen molar-refractivity contribution >= 4 is 34.8 Å². The predicted octanol–water partition coefficient (Wildman–Crippen LogP) is 5.06. The Hall–Kier alpha value is -0.910. The standard InChI is InChI=1S/C10H4Cl3F3N2/c11-5-2-1-4(8(12)9(5)13)6-3-7(18-17-6)10(14,15)16/h1-3H,(H,17,18). The fourth-order valence-electron chi connectivity index (χ4n) is 1.33. The van der Waals surface area contributed by atoms with Crippen LogP contribution in [0, 0.1) is 0 Å². The third kappa shape index (κ3) is 2.43. The van der Waals surface area contributed by atoms with Crippen molar-refractivity contribution in [3.05, 3.63) is 39.0 Å². The van der Waals surface area contributed by atoms with Crippen molar-refractivity contribution in [2.45, 2.75) is 6.18 Å². The first kappa shape index (κ1) is 13.5. The van der Waals surface area contributed by atoms with E-state index in [1.807, 2.05) is 5.10 Å². The minimum absolute atomic E-state index is 0.0471. The zero-order valence-corrected chi connectivity index (χ0v) is 10.7. The third-order valence-electron chi connectivity index (χ3n) is 2.19. The van der Waals surface area contributed by atoms with Gasteiger partial charge in [0.15, 0.2) is 0 Å². The van der Waals surface area contributed by atoms with Gasteiger partial charge in [-0.2, -0.15) is 18.3 Å². The van der Waals surface area contributed by atoms with Gasteiger partial charge in [-0.05, 0) is 18.2 Å². The second-order valence-electron chi connectivity index (χ2n) is 3.39.